The first-order valence-corrected chi connectivity index (χ1v) is 6.48. The molecular formula is C13H17BrFNO2. The van der Waals surface area contributed by atoms with Gasteiger partial charge < -0.3 is 4.74 Å². The van der Waals surface area contributed by atoms with Crippen molar-refractivity contribution in [3.63, 3.8) is 0 Å². The third-order valence-corrected chi connectivity index (χ3v) is 3.44. The van der Waals surface area contributed by atoms with E-state index in [4.69, 9.17) is 0 Å². The molecule has 3 nitrogen and oxygen atoms in total. The van der Waals surface area contributed by atoms with Gasteiger partial charge in [0.15, 0.2) is 0 Å². The largest absolute Gasteiger partial charge is 0.468 e. The van der Waals surface area contributed by atoms with E-state index < -0.39 is 0 Å². The second-order valence-corrected chi connectivity index (χ2v) is 5.16. The third kappa shape index (κ3) is 4.38. The lowest BCUT2D eigenvalue weighted by atomic mass is 10.2. The van der Waals surface area contributed by atoms with Crippen LogP contribution in [0.4, 0.5) is 4.39 Å². The van der Waals surface area contributed by atoms with E-state index in [2.05, 4.69) is 20.7 Å². The number of carbonyl (C=O) groups is 1. The maximum absolute atomic E-state index is 13.2. The second-order valence-electron chi connectivity index (χ2n) is 4.31. The molecule has 0 unspecified atom stereocenters. The van der Waals surface area contributed by atoms with Gasteiger partial charge in [-0.05, 0) is 37.6 Å². The van der Waals surface area contributed by atoms with Gasteiger partial charge in [0.05, 0.1) is 13.7 Å². The summed E-state index contributed by atoms with van der Waals surface area (Å²) >= 11 is 3.38. The fraction of sp³-hybridized carbons (Fsp3) is 0.462. The Morgan fingerprint density at radius 3 is 2.72 bits per heavy atom. The summed E-state index contributed by atoms with van der Waals surface area (Å²) in [5.74, 6) is -0.578. The number of ether oxygens (including phenoxy) is 1. The van der Waals surface area contributed by atoms with E-state index in [1.54, 1.807) is 6.07 Å². The number of hydrogen-bond acceptors (Lipinski definition) is 3. The molecule has 0 heterocycles. The summed E-state index contributed by atoms with van der Waals surface area (Å²) in [6.07, 6.45) is 0. The maximum atomic E-state index is 13.2. The zero-order chi connectivity index (χ0) is 13.7. The molecule has 0 atom stereocenters. The lowest BCUT2D eigenvalue weighted by Gasteiger charge is -2.25. The van der Waals surface area contributed by atoms with Crippen molar-refractivity contribution in [1.29, 1.82) is 0 Å². The fourth-order valence-corrected chi connectivity index (χ4v) is 1.91. The summed E-state index contributed by atoms with van der Waals surface area (Å²) in [5, 5.41) is 0. The Bertz CT molecular complexity index is 423. The van der Waals surface area contributed by atoms with Crippen molar-refractivity contribution in [2.45, 2.75) is 26.4 Å². The topological polar surface area (TPSA) is 29.5 Å². The lowest BCUT2D eigenvalue weighted by Crippen LogP contribution is -2.35. The number of carbonyl (C=O) groups excluding carboxylic acids is 1. The minimum absolute atomic E-state index is 0.166. The molecule has 0 aliphatic heterocycles. The number of halogens is 2. The number of hydrogen-bond donors (Lipinski definition) is 0. The lowest BCUT2D eigenvalue weighted by molar-refractivity contribution is -0.142. The number of rotatable bonds is 5. The third-order valence-electron chi connectivity index (χ3n) is 2.67. The van der Waals surface area contributed by atoms with E-state index >= 15 is 0 Å². The highest BCUT2D eigenvalue weighted by Gasteiger charge is 2.16. The molecule has 0 aromatic heterocycles. The Morgan fingerprint density at radius 2 is 2.17 bits per heavy atom. The smallest absolute Gasteiger partial charge is 0.319 e. The van der Waals surface area contributed by atoms with Gasteiger partial charge in [0, 0.05) is 17.1 Å². The molecule has 1 aromatic rings. The molecule has 0 saturated heterocycles. The van der Waals surface area contributed by atoms with E-state index in [-0.39, 0.29) is 24.4 Å². The van der Waals surface area contributed by atoms with E-state index in [1.165, 1.54) is 19.2 Å². The summed E-state index contributed by atoms with van der Waals surface area (Å²) < 4.78 is 18.7. The van der Waals surface area contributed by atoms with Gasteiger partial charge >= 0.3 is 5.97 Å². The Labute approximate surface area is 115 Å². The highest BCUT2D eigenvalue weighted by Crippen LogP contribution is 2.20. The summed E-state index contributed by atoms with van der Waals surface area (Å²) in [4.78, 5) is 13.2. The van der Waals surface area contributed by atoms with E-state index in [1.807, 2.05) is 18.7 Å². The van der Waals surface area contributed by atoms with Crippen molar-refractivity contribution >= 4 is 21.9 Å². The van der Waals surface area contributed by atoms with Crippen LogP contribution in [-0.2, 0) is 16.1 Å². The molecule has 5 heteroatoms. The average Bonchev–Trinajstić information content (AvgIpc) is 2.32. The summed E-state index contributed by atoms with van der Waals surface area (Å²) in [5.41, 5.74) is 0.813. The quantitative estimate of drug-likeness (QED) is 0.782. The predicted octanol–water partition coefficient (Wildman–Crippen LogP) is 2.97. The molecule has 0 N–H and O–H groups in total. The molecule has 0 radical (unpaired) electrons. The molecule has 100 valence electrons. The normalized spacial score (nSPS) is 11.1. The molecule has 1 rings (SSSR count). The van der Waals surface area contributed by atoms with Gasteiger partial charge in [-0.15, -0.1) is 0 Å². The van der Waals surface area contributed by atoms with Gasteiger partial charge in [0.25, 0.3) is 0 Å². The number of methoxy groups -OCH3 is 1. The molecule has 0 aliphatic carbocycles. The Hall–Kier alpha value is -0.940. The van der Waals surface area contributed by atoms with Crippen LogP contribution in [0, 0.1) is 5.82 Å². The molecule has 1 aromatic carbocycles. The van der Waals surface area contributed by atoms with Gasteiger partial charge in [0.2, 0.25) is 0 Å². The van der Waals surface area contributed by atoms with Crippen molar-refractivity contribution in [1.82, 2.24) is 4.90 Å². The van der Waals surface area contributed by atoms with Crippen molar-refractivity contribution < 1.29 is 13.9 Å². The average molecular weight is 318 g/mol. The minimum atomic E-state index is -0.295. The van der Waals surface area contributed by atoms with Crippen LogP contribution in [0.3, 0.4) is 0 Å². The molecule has 18 heavy (non-hydrogen) atoms. The van der Waals surface area contributed by atoms with Crippen molar-refractivity contribution in [2.75, 3.05) is 13.7 Å². The zero-order valence-electron chi connectivity index (χ0n) is 10.7. The number of esters is 1. The van der Waals surface area contributed by atoms with Gasteiger partial charge in [0.1, 0.15) is 5.82 Å². The Kier molecular flexibility index (Phi) is 5.75. The van der Waals surface area contributed by atoms with Gasteiger partial charge in [-0.2, -0.15) is 0 Å². The van der Waals surface area contributed by atoms with Gasteiger partial charge in [-0.3, -0.25) is 9.69 Å². The predicted molar refractivity (Wildman–Crippen MR) is 71.7 cm³/mol. The van der Waals surface area contributed by atoms with Gasteiger partial charge in [-0.25, -0.2) is 4.39 Å². The molecular weight excluding hydrogens is 301 g/mol. The molecule has 0 fully saturated rings. The maximum Gasteiger partial charge on any atom is 0.319 e. The van der Waals surface area contributed by atoms with Gasteiger partial charge in [-0.1, -0.05) is 15.9 Å². The molecule has 0 saturated carbocycles. The Morgan fingerprint density at radius 1 is 1.50 bits per heavy atom. The van der Waals surface area contributed by atoms with Crippen LogP contribution in [0.5, 0.6) is 0 Å². The van der Waals surface area contributed by atoms with E-state index in [0.29, 0.717) is 6.54 Å². The monoisotopic (exact) mass is 317 g/mol. The first kappa shape index (κ1) is 15.1. The Balaban J connectivity index is 2.83. The molecule has 0 spiro atoms. The molecule has 0 aliphatic rings. The molecule has 0 bridgehead atoms. The van der Waals surface area contributed by atoms with Crippen LogP contribution in [-0.4, -0.2) is 30.6 Å². The zero-order valence-corrected chi connectivity index (χ0v) is 12.3. The van der Waals surface area contributed by atoms with Crippen LogP contribution < -0.4 is 0 Å². The number of benzene rings is 1. The first-order chi connectivity index (χ1) is 8.43. The van der Waals surface area contributed by atoms with Crippen LogP contribution >= 0.6 is 15.9 Å². The van der Waals surface area contributed by atoms with E-state index in [0.717, 1.165) is 10.0 Å². The highest BCUT2D eigenvalue weighted by atomic mass is 79.9. The number of nitrogens with zero attached hydrogens (tertiary/aromatic N) is 1. The fourth-order valence-electron chi connectivity index (χ4n) is 1.53. The first-order valence-electron chi connectivity index (χ1n) is 5.68. The van der Waals surface area contributed by atoms with Crippen LogP contribution in [0.15, 0.2) is 22.7 Å². The van der Waals surface area contributed by atoms with E-state index in [9.17, 15) is 9.18 Å². The van der Waals surface area contributed by atoms with Crippen LogP contribution in [0.25, 0.3) is 0 Å². The minimum Gasteiger partial charge on any atom is -0.468 e. The molecule has 0 amide bonds. The second kappa shape index (κ2) is 6.85. The summed E-state index contributed by atoms with van der Waals surface area (Å²) in [6.45, 7) is 4.65. The van der Waals surface area contributed by atoms with Crippen molar-refractivity contribution in [3.05, 3.63) is 34.1 Å². The van der Waals surface area contributed by atoms with Crippen LogP contribution in [0.2, 0.25) is 0 Å². The van der Waals surface area contributed by atoms with Crippen molar-refractivity contribution in [2.24, 2.45) is 0 Å². The standard InChI is InChI=1S/C13H17BrFNO2/c1-9(2)16(8-13(17)18-3)7-10-6-11(15)4-5-12(10)14/h4-6,9H,7-8H2,1-3H3. The SMILES string of the molecule is COC(=O)CN(Cc1cc(F)ccc1Br)C(C)C. The highest BCUT2D eigenvalue weighted by molar-refractivity contribution is 9.10. The van der Waals surface area contributed by atoms with Crippen LogP contribution in [0.1, 0.15) is 19.4 Å². The summed E-state index contributed by atoms with van der Waals surface area (Å²) in [7, 11) is 1.36. The van der Waals surface area contributed by atoms with Crippen molar-refractivity contribution in [3.8, 4) is 0 Å². The summed E-state index contributed by atoms with van der Waals surface area (Å²) in [6, 6.07) is 4.70.